The first-order chi connectivity index (χ1) is 12.8. The van der Waals surface area contributed by atoms with E-state index in [0.717, 1.165) is 12.8 Å². The van der Waals surface area contributed by atoms with Crippen molar-refractivity contribution in [3.05, 3.63) is 61.4 Å². The molecular weight excluding hydrogens is 460 g/mol. The second kappa shape index (κ2) is 22.2. The van der Waals surface area contributed by atoms with Gasteiger partial charge in [-0.2, -0.15) is 11.1 Å². The van der Waals surface area contributed by atoms with E-state index in [0.29, 0.717) is 10.8 Å². The van der Waals surface area contributed by atoms with Gasteiger partial charge in [0.2, 0.25) is 0 Å². The van der Waals surface area contributed by atoms with Crippen molar-refractivity contribution in [2.24, 2.45) is 10.8 Å². The van der Waals surface area contributed by atoms with Crippen molar-refractivity contribution in [1.29, 1.82) is 0 Å². The van der Waals surface area contributed by atoms with Crippen LogP contribution >= 0.6 is 0 Å². The van der Waals surface area contributed by atoms with E-state index in [1.807, 2.05) is 35.1 Å². The number of nitrogens with one attached hydrogen (secondary N) is 2. The van der Waals surface area contributed by atoms with Crippen LogP contribution in [-0.2, 0) is 23.3 Å². The second-order valence-electron chi connectivity index (χ2n) is 8.91. The summed E-state index contributed by atoms with van der Waals surface area (Å²) in [4.78, 5) is 0. The van der Waals surface area contributed by atoms with E-state index in [1.165, 1.54) is 22.3 Å². The van der Waals surface area contributed by atoms with Crippen LogP contribution in [0.1, 0.15) is 68.2 Å². The van der Waals surface area contributed by atoms with Crippen molar-refractivity contribution in [2.75, 3.05) is 28.2 Å². The number of allylic oxidation sites excluding steroid dienone is 8. The zero-order chi connectivity index (χ0) is 23.0. The molecular formula is C26H52N2SiZr-4. The SMILES string of the molecule is CC1=[C-]CC(C(C)(C)C)=C1.CC1=[C-]CC(C(C)(C)C)=C1.CNC.CNC.[CH3-].[CH3-].[SiH2]=[Zr]. The van der Waals surface area contributed by atoms with Crippen LogP contribution in [0.3, 0.4) is 0 Å². The first-order valence-electron chi connectivity index (χ1n) is 9.92. The van der Waals surface area contributed by atoms with E-state index >= 15 is 0 Å². The van der Waals surface area contributed by atoms with Gasteiger partial charge in [0.1, 0.15) is 0 Å². The molecule has 0 heterocycles. The molecule has 2 aliphatic carbocycles. The molecule has 2 rings (SSSR count). The van der Waals surface area contributed by atoms with Crippen LogP contribution in [0.25, 0.3) is 0 Å². The van der Waals surface area contributed by atoms with Crippen molar-refractivity contribution >= 4 is 6.88 Å². The number of rotatable bonds is 0. The molecule has 0 aromatic carbocycles. The third-order valence-corrected chi connectivity index (χ3v) is 3.82. The summed E-state index contributed by atoms with van der Waals surface area (Å²) >= 11 is 1.58. The van der Waals surface area contributed by atoms with Crippen molar-refractivity contribution in [3.63, 3.8) is 0 Å². The van der Waals surface area contributed by atoms with Crippen LogP contribution in [0.5, 0.6) is 0 Å². The summed E-state index contributed by atoms with van der Waals surface area (Å²) in [7, 11) is 7.50. The fraction of sp³-hybridized carbons (Fsp3) is 0.615. The third kappa shape index (κ3) is 22.7. The Morgan fingerprint density at radius 1 is 0.700 bits per heavy atom. The van der Waals surface area contributed by atoms with Crippen LogP contribution in [-0.4, -0.2) is 35.1 Å². The van der Waals surface area contributed by atoms with Crippen LogP contribution in [0.15, 0.2) is 34.4 Å². The van der Waals surface area contributed by atoms with Crippen molar-refractivity contribution in [2.45, 2.75) is 68.2 Å². The molecule has 0 spiro atoms. The van der Waals surface area contributed by atoms with Gasteiger partial charge in [-0.15, -0.1) is 12.8 Å². The zero-order valence-electron chi connectivity index (χ0n) is 22.8. The van der Waals surface area contributed by atoms with Crippen molar-refractivity contribution in [1.82, 2.24) is 10.6 Å². The van der Waals surface area contributed by atoms with E-state index < -0.39 is 0 Å². The van der Waals surface area contributed by atoms with Gasteiger partial charge in [-0.3, -0.25) is 12.2 Å². The number of hydrogen-bond acceptors (Lipinski definition) is 2. The standard InChI is InChI=1S/2C10H15.2C2H7N.2CH3.H2Si.Zr/c2*1-8-5-6-9(7-8)10(2,3)4;2*1-3-2;;;;/h2*7H,6H2,1-4H3;2*3H,1-2H3;2*1H3;1H2;/q2*-1;;;2*-1;;. The third-order valence-electron chi connectivity index (χ3n) is 3.82. The van der Waals surface area contributed by atoms with Gasteiger partial charge in [-0.25, -0.2) is 23.3 Å². The molecule has 0 aliphatic heterocycles. The Hall–Kier alpha value is -0.0200. The maximum atomic E-state index is 3.30. The Bertz CT molecular complexity index is 482. The molecule has 0 saturated carbocycles. The molecule has 0 atom stereocenters. The van der Waals surface area contributed by atoms with Crippen LogP contribution in [0.2, 0.25) is 0 Å². The summed E-state index contributed by atoms with van der Waals surface area (Å²) in [5.74, 6) is 0. The molecule has 0 saturated heterocycles. The molecule has 30 heavy (non-hydrogen) atoms. The fourth-order valence-electron chi connectivity index (χ4n) is 2.16. The topological polar surface area (TPSA) is 24.1 Å². The molecule has 4 heteroatoms. The summed E-state index contributed by atoms with van der Waals surface area (Å²) in [6.07, 6.45) is 13.2. The van der Waals surface area contributed by atoms with Gasteiger partial charge in [-0.1, -0.05) is 55.4 Å². The molecule has 0 aromatic heterocycles. The predicted octanol–water partition coefficient (Wildman–Crippen LogP) is 5.88. The Labute approximate surface area is 208 Å². The van der Waals surface area contributed by atoms with Gasteiger partial charge < -0.3 is 25.5 Å². The summed E-state index contributed by atoms with van der Waals surface area (Å²) in [5.41, 5.74) is 6.28. The van der Waals surface area contributed by atoms with E-state index in [-0.39, 0.29) is 14.9 Å². The normalized spacial score (nSPS) is 13.8. The van der Waals surface area contributed by atoms with Gasteiger partial charge in [0, 0.05) is 0 Å². The Morgan fingerprint density at radius 3 is 0.967 bits per heavy atom. The van der Waals surface area contributed by atoms with Crippen molar-refractivity contribution in [3.8, 4) is 0 Å². The summed E-state index contributed by atoms with van der Waals surface area (Å²) in [6, 6.07) is 0. The Morgan fingerprint density at radius 2 is 0.900 bits per heavy atom. The molecule has 0 aromatic rings. The Balaban J connectivity index is -0.0000000987. The molecule has 0 bridgehead atoms. The van der Waals surface area contributed by atoms with Crippen LogP contribution < -0.4 is 10.6 Å². The van der Waals surface area contributed by atoms with Crippen molar-refractivity contribution < 1.29 is 23.3 Å². The fourth-order valence-corrected chi connectivity index (χ4v) is 2.16. The van der Waals surface area contributed by atoms with Gasteiger partial charge in [-0.05, 0) is 39.0 Å². The monoisotopic (exact) mass is 510 g/mol. The molecule has 2 aliphatic rings. The van der Waals surface area contributed by atoms with E-state index in [2.05, 4.69) is 90.3 Å². The second-order valence-corrected chi connectivity index (χ2v) is 8.91. The predicted molar refractivity (Wildman–Crippen MR) is 141 cm³/mol. The molecule has 2 nitrogen and oxygen atoms in total. The molecule has 0 unspecified atom stereocenters. The van der Waals surface area contributed by atoms with Gasteiger partial charge in [0.05, 0.1) is 0 Å². The zero-order valence-corrected chi connectivity index (χ0v) is 26.6. The first-order valence-corrected chi connectivity index (χ1v) is 15.8. The van der Waals surface area contributed by atoms with Crippen LogP contribution in [0.4, 0.5) is 0 Å². The number of hydrogen-bond donors (Lipinski definition) is 2. The Kier molecular flexibility index (Phi) is 29.8. The summed E-state index contributed by atoms with van der Waals surface area (Å²) in [6.45, 7) is 19.7. The summed E-state index contributed by atoms with van der Waals surface area (Å²) in [5, 5.41) is 5.50. The minimum absolute atomic E-state index is 0. The molecule has 178 valence electrons. The average Bonchev–Trinajstić information content (AvgIpc) is 3.19. The summed E-state index contributed by atoms with van der Waals surface area (Å²) < 4.78 is 0. The first kappa shape index (κ1) is 40.3. The maximum absolute atomic E-state index is 3.30. The van der Waals surface area contributed by atoms with E-state index in [9.17, 15) is 0 Å². The van der Waals surface area contributed by atoms with Gasteiger partial charge in [0.15, 0.2) is 0 Å². The average molecular weight is 512 g/mol. The van der Waals surface area contributed by atoms with E-state index in [4.69, 9.17) is 0 Å². The van der Waals surface area contributed by atoms with E-state index in [1.54, 1.807) is 23.3 Å². The minimum atomic E-state index is 0. The quantitative estimate of drug-likeness (QED) is 0.313. The van der Waals surface area contributed by atoms with Gasteiger partial charge >= 0.3 is 30.2 Å². The van der Waals surface area contributed by atoms with Gasteiger partial charge in [0.25, 0.3) is 0 Å². The molecule has 0 amide bonds. The molecule has 0 fully saturated rings. The molecule has 2 N–H and O–H groups in total. The molecule has 0 radical (unpaired) electrons. The van der Waals surface area contributed by atoms with Crippen LogP contribution in [0, 0.1) is 37.8 Å².